The summed E-state index contributed by atoms with van der Waals surface area (Å²) in [6, 6.07) is 9.61. The number of benzene rings is 1. The molecule has 1 aromatic carbocycles. The molecule has 0 bridgehead atoms. The molecule has 2 N–H and O–H groups in total. The lowest BCUT2D eigenvalue weighted by Crippen LogP contribution is -2.47. The van der Waals surface area contributed by atoms with Crippen LogP contribution in [0.5, 0.6) is 0 Å². The van der Waals surface area contributed by atoms with Crippen LogP contribution in [0.4, 0.5) is 4.79 Å². The lowest BCUT2D eigenvalue weighted by Gasteiger charge is -2.25. The molecule has 1 fully saturated rings. The smallest absolute Gasteiger partial charge is 0.315 e. The average Bonchev–Trinajstić information content (AvgIpc) is 2.93. The van der Waals surface area contributed by atoms with Gasteiger partial charge in [0.1, 0.15) is 5.60 Å². The van der Waals surface area contributed by atoms with Crippen LogP contribution in [-0.2, 0) is 16.0 Å². The first-order valence-electron chi connectivity index (χ1n) is 6.43. The number of hydrogen-bond donors (Lipinski definition) is 2. The van der Waals surface area contributed by atoms with Gasteiger partial charge in [0.05, 0.1) is 13.2 Å². The van der Waals surface area contributed by atoms with E-state index in [9.17, 15) is 4.79 Å². The molecule has 2 amide bonds. The number of methoxy groups -OCH3 is 1. The Morgan fingerprint density at radius 3 is 2.79 bits per heavy atom. The van der Waals surface area contributed by atoms with Gasteiger partial charge in [0.2, 0.25) is 0 Å². The third-order valence-corrected chi connectivity index (χ3v) is 3.37. The maximum Gasteiger partial charge on any atom is 0.315 e. The van der Waals surface area contributed by atoms with Crippen molar-refractivity contribution in [3.8, 4) is 0 Å². The van der Waals surface area contributed by atoms with Crippen LogP contribution in [0, 0.1) is 0 Å². The van der Waals surface area contributed by atoms with Crippen molar-refractivity contribution in [1.29, 1.82) is 0 Å². The molecule has 0 spiro atoms. The van der Waals surface area contributed by atoms with Gasteiger partial charge in [-0.3, -0.25) is 0 Å². The van der Waals surface area contributed by atoms with E-state index in [4.69, 9.17) is 9.47 Å². The van der Waals surface area contributed by atoms with Gasteiger partial charge < -0.3 is 20.1 Å². The van der Waals surface area contributed by atoms with Gasteiger partial charge in [-0.15, -0.1) is 0 Å². The number of carbonyl (C=O) groups excluding carboxylic acids is 1. The van der Waals surface area contributed by atoms with E-state index in [0.717, 1.165) is 12.0 Å². The van der Waals surface area contributed by atoms with Crippen molar-refractivity contribution in [2.75, 3.05) is 26.9 Å². The molecule has 2 rings (SSSR count). The quantitative estimate of drug-likeness (QED) is 0.842. The van der Waals surface area contributed by atoms with Crippen molar-refractivity contribution >= 4 is 6.03 Å². The highest BCUT2D eigenvalue weighted by Crippen LogP contribution is 2.21. The zero-order valence-electron chi connectivity index (χ0n) is 11.1. The molecule has 1 heterocycles. The number of amides is 2. The van der Waals surface area contributed by atoms with Gasteiger partial charge in [0.15, 0.2) is 0 Å². The first-order chi connectivity index (χ1) is 9.24. The van der Waals surface area contributed by atoms with Crippen LogP contribution in [0.3, 0.4) is 0 Å². The Balaban J connectivity index is 1.72. The summed E-state index contributed by atoms with van der Waals surface area (Å²) in [5.41, 5.74) is 0.702. The van der Waals surface area contributed by atoms with E-state index in [-0.39, 0.29) is 11.6 Å². The van der Waals surface area contributed by atoms with E-state index in [1.165, 1.54) is 0 Å². The maximum atomic E-state index is 11.7. The summed E-state index contributed by atoms with van der Waals surface area (Å²) in [6.45, 7) is 2.19. The van der Waals surface area contributed by atoms with Crippen LogP contribution in [-0.4, -0.2) is 38.5 Å². The molecule has 0 saturated carbocycles. The molecule has 0 aromatic heterocycles. The predicted octanol–water partition coefficient (Wildman–Crippen LogP) is 1.29. The van der Waals surface area contributed by atoms with Gasteiger partial charge in [-0.05, 0) is 5.56 Å². The van der Waals surface area contributed by atoms with Crippen LogP contribution < -0.4 is 10.6 Å². The summed E-state index contributed by atoms with van der Waals surface area (Å²) >= 11 is 0. The SMILES string of the molecule is COC1(CNC(=O)NCc2ccccc2)CCOC1. The molecule has 1 atom stereocenters. The zero-order valence-corrected chi connectivity index (χ0v) is 11.1. The lowest BCUT2D eigenvalue weighted by molar-refractivity contribution is -0.0137. The number of carbonyl (C=O) groups is 1. The van der Waals surface area contributed by atoms with Crippen LogP contribution >= 0.6 is 0 Å². The summed E-state index contributed by atoms with van der Waals surface area (Å²) in [5.74, 6) is 0. The Morgan fingerprint density at radius 2 is 2.16 bits per heavy atom. The molecule has 1 aliphatic heterocycles. The van der Waals surface area contributed by atoms with Gasteiger partial charge in [-0.1, -0.05) is 30.3 Å². The van der Waals surface area contributed by atoms with Gasteiger partial charge in [0, 0.05) is 26.7 Å². The maximum absolute atomic E-state index is 11.7. The summed E-state index contributed by atoms with van der Waals surface area (Å²) in [5, 5.41) is 5.65. The number of rotatable bonds is 5. The number of hydrogen-bond acceptors (Lipinski definition) is 3. The summed E-state index contributed by atoms with van der Waals surface area (Å²) in [6.07, 6.45) is 0.808. The van der Waals surface area contributed by atoms with Crippen LogP contribution in [0.1, 0.15) is 12.0 Å². The molecule has 1 saturated heterocycles. The molecule has 0 aliphatic carbocycles. The van der Waals surface area contributed by atoms with Crippen LogP contribution in [0.2, 0.25) is 0 Å². The summed E-state index contributed by atoms with van der Waals surface area (Å²) in [7, 11) is 1.65. The van der Waals surface area contributed by atoms with Gasteiger partial charge in [-0.2, -0.15) is 0 Å². The lowest BCUT2D eigenvalue weighted by atomic mass is 10.0. The first kappa shape index (κ1) is 13.8. The molecule has 5 heteroatoms. The fourth-order valence-electron chi connectivity index (χ4n) is 2.04. The molecule has 19 heavy (non-hydrogen) atoms. The van der Waals surface area contributed by atoms with Crippen molar-refractivity contribution in [2.45, 2.75) is 18.6 Å². The third-order valence-electron chi connectivity index (χ3n) is 3.37. The highest BCUT2D eigenvalue weighted by atomic mass is 16.5. The average molecular weight is 264 g/mol. The molecular formula is C14H20N2O3. The predicted molar refractivity (Wildman–Crippen MR) is 71.9 cm³/mol. The fourth-order valence-corrected chi connectivity index (χ4v) is 2.04. The van der Waals surface area contributed by atoms with Gasteiger partial charge in [0.25, 0.3) is 0 Å². The molecule has 104 valence electrons. The van der Waals surface area contributed by atoms with E-state index in [0.29, 0.717) is 26.3 Å². The monoisotopic (exact) mass is 264 g/mol. The largest absolute Gasteiger partial charge is 0.378 e. The topological polar surface area (TPSA) is 59.6 Å². The highest BCUT2D eigenvalue weighted by molar-refractivity contribution is 5.73. The van der Waals surface area contributed by atoms with E-state index in [1.807, 2.05) is 30.3 Å². The molecular weight excluding hydrogens is 244 g/mol. The highest BCUT2D eigenvalue weighted by Gasteiger charge is 2.35. The Bertz CT molecular complexity index is 402. The third kappa shape index (κ3) is 3.94. The minimum absolute atomic E-state index is 0.188. The molecule has 1 aliphatic rings. The van der Waals surface area contributed by atoms with Gasteiger partial charge in [-0.25, -0.2) is 4.79 Å². The van der Waals surface area contributed by atoms with E-state index in [2.05, 4.69) is 10.6 Å². The second kappa shape index (κ2) is 6.54. The van der Waals surface area contributed by atoms with Crippen molar-refractivity contribution < 1.29 is 14.3 Å². The molecule has 1 aromatic rings. The standard InChI is InChI=1S/C14H20N2O3/c1-18-14(7-8-19-11-14)10-16-13(17)15-9-12-5-3-2-4-6-12/h2-6H,7-11H2,1H3,(H2,15,16,17). The number of nitrogens with one attached hydrogen (secondary N) is 2. The second-order valence-electron chi connectivity index (χ2n) is 4.71. The minimum atomic E-state index is -0.371. The minimum Gasteiger partial charge on any atom is -0.378 e. The Kier molecular flexibility index (Phi) is 4.76. The van der Waals surface area contributed by atoms with Crippen LogP contribution in [0.25, 0.3) is 0 Å². The fraction of sp³-hybridized carbons (Fsp3) is 0.500. The summed E-state index contributed by atoms with van der Waals surface area (Å²) in [4.78, 5) is 11.7. The zero-order chi connectivity index (χ0) is 13.6. The molecule has 5 nitrogen and oxygen atoms in total. The summed E-state index contributed by atoms with van der Waals surface area (Å²) < 4.78 is 10.8. The van der Waals surface area contributed by atoms with E-state index >= 15 is 0 Å². The second-order valence-corrected chi connectivity index (χ2v) is 4.71. The van der Waals surface area contributed by atoms with Crippen molar-refractivity contribution in [1.82, 2.24) is 10.6 Å². The number of urea groups is 1. The Hall–Kier alpha value is -1.59. The first-order valence-corrected chi connectivity index (χ1v) is 6.43. The molecule has 0 radical (unpaired) electrons. The van der Waals surface area contributed by atoms with E-state index in [1.54, 1.807) is 7.11 Å². The number of ether oxygens (including phenoxy) is 2. The molecule has 1 unspecified atom stereocenters. The van der Waals surface area contributed by atoms with Crippen molar-refractivity contribution in [3.05, 3.63) is 35.9 Å². The van der Waals surface area contributed by atoms with Crippen LogP contribution in [0.15, 0.2) is 30.3 Å². The van der Waals surface area contributed by atoms with Gasteiger partial charge >= 0.3 is 6.03 Å². The van der Waals surface area contributed by atoms with Crippen molar-refractivity contribution in [3.63, 3.8) is 0 Å². The Labute approximate surface area is 113 Å². The van der Waals surface area contributed by atoms with Crippen molar-refractivity contribution in [2.24, 2.45) is 0 Å². The Morgan fingerprint density at radius 1 is 1.37 bits per heavy atom. The normalized spacial score (nSPS) is 22.2. The van der Waals surface area contributed by atoms with E-state index < -0.39 is 0 Å².